The fraction of sp³-hybridized carbons (Fsp3) is 0.316. The Morgan fingerprint density at radius 1 is 1.08 bits per heavy atom. The number of ether oxygens (including phenoxy) is 1. The fourth-order valence-corrected chi connectivity index (χ4v) is 3.18. The molecular formula is C19H21N5O. The van der Waals surface area contributed by atoms with Crippen LogP contribution >= 0.6 is 0 Å². The summed E-state index contributed by atoms with van der Waals surface area (Å²) in [6.45, 7) is 3.00. The van der Waals surface area contributed by atoms with E-state index in [4.69, 9.17) is 4.74 Å². The molecule has 128 valence electrons. The highest BCUT2D eigenvalue weighted by atomic mass is 16.5. The molecule has 4 rings (SSSR count). The Balaban J connectivity index is 1.32. The van der Waals surface area contributed by atoms with E-state index in [0.717, 1.165) is 38.2 Å². The van der Waals surface area contributed by atoms with Crippen molar-refractivity contribution < 1.29 is 4.74 Å². The summed E-state index contributed by atoms with van der Waals surface area (Å²) in [5.41, 5.74) is 2.41. The highest BCUT2D eigenvalue weighted by Gasteiger charge is 2.21. The predicted molar refractivity (Wildman–Crippen MR) is 94.5 cm³/mol. The molecule has 0 spiro atoms. The summed E-state index contributed by atoms with van der Waals surface area (Å²) in [5.74, 6) is 0.618. The number of piperidine rings is 1. The van der Waals surface area contributed by atoms with Crippen LogP contribution < -0.4 is 4.74 Å². The highest BCUT2D eigenvalue weighted by Crippen LogP contribution is 2.19. The molecule has 3 aromatic rings. The number of benzene rings is 1. The van der Waals surface area contributed by atoms with Gasteiger partial charge in [0.2, 0.25) is 5.88 Å². The lowest BCUT2D eigenvalue weighted by Gasteiger charge is -2.31. The molecule has 0 aliphatic carbocycles. The first-order chi connectivity index (χ1) is 12.4. The van der Waals surface area contributed by atoms with Crippen molar-refractivity contribution in [3.8, 4) is 11.6 Å². The molecule has 1 aromatic carbocycles. The van der Waals surface area contributed by atoms with Gasteiger partial charge in [-0.1, -0.05) is 12.1 Å². The van der Waals surface area contributed by atoms with Gasteiger partial charge >= 0.3 is 0 Å². The number of rotatable bonds is 5. The summed E-state index contributed by atoms with van der Waals surface area (Å²) in [4.78, 5) is 10.7. The van der Waals surface area contributed by atoms with Crippen LogP contribution in [0.25, 0.3) is 5.69 Å². The molecule has 0 amide bonds. The first-order valence-corrected chi connectivity index (χ1v) is 8.61. The van der Waals surface area contributed by atoms with Crippen LogP contribution in [0.2, 0.25) is 0 Å². The van der Waals surface area contributed by atoms with E-state index in [1.165, 1.54) is 5.56 Å². The Morgan fingerprint density at radius 3 is 2.76 bits per heavy atom. The number of likely N-dealkylation sites (tertiary alicyclic amines) is 1. The predicted octanol–water partition coefficient (Wildman–Crippen LogP) is 2.71. The van der Waals surface area contributed by atoms with E-state index in [0.29, 0.717) is 5.88 Å². The quantitative estimate of drug-likeness (QED) is 0.717. The van der Waals surface area contributed by atoms with Gasteiger partial charge in [0.25, 0.3) is 0 Å². The zero-order valence-electron chi connectivity index (χ0n) is 14.0. The maximum absolute atomic E-state index is 5.91. The summed E-state index contributed by atoms with van der Waals surface area (Å²) in [6.07, 6.45) is 11.0. The average Bonchev–Trinajstić information content (AvgIpc) is 3.19. The number of nitrogens with zero attached hydrogens (tertiary/aromatic N) is 5. The molecule has 1 fully saturated rings. The van der Waals surface area contributed by atoms with Crippen molar-refractivity contribution in [2.75, 3.05) is 13.1 Å². The van der Waals surface area contributed by atoms with Crippen molar-refractivity contribution in [3.05, 3.63) is 66.9 Å². The van der Waals surface area contributed by atoms with Gasteiger partial charge in [0.1, 0.15) is 6.10 Å². The molecule has 2 aromatic heterocycles. The van der Waals surface area contributed by atoms with E-state index in [1.807, 2.05) is 16.9 Å². The highest BCUT2D eigenvalue weighted by molar-refractivity contribution is 5.35. The molecular weight excluding hydrogens is 314 g/mol. The van der Waals surface area contributed by atoms with Crippen molar-refractivity contribution in [3.63, 3.8) is 0 Å². The summed E-state index contributed by atoms with van der Waals surface area (Å²) < 4.78 is 7.80. The first-order valence-electron chi connectivity index (χ1n) is 8.61. The van der Waals surface area contributed by atoms with E-state index in [-0.39, 0.29) is 6.10 Å². The number of aromatic nitrogens is 4. The second-order valence-electron chi connectivity index (χ2n) is 6.26. The zero-order valence-corrected chi connectivity index (χ0v) is 14.0. The molecule has 0 saturated carbocycles. The van der Waals surface area contributed by atoms with Crippen LogP contribution in [-0.4, -0.2) is 43.8 Å². The first kappa shape index (κ1) is 15.8. The van der Waals surface area contributed by atoms with Crippen LogP contribution in [0.3, 0.4) is 0 Å². The third-order valence-electron chi connectivity index (χ3n) is 4.45. The third kappa shape index (κ3) is 4.03. The van der Waals surface area contributed by atoms with Gasteiger partial charge in [-0.2, -0.15) is 5.10 Å². The number of hydrogen-bond donors (Lipinski definition) is 0. The topological polar surface area (TPSA) is 56.1 Å². The second kappa shape index (κ2) is 7.44. The van der Waals surface area contributed by atoms with Crippen LogP contribution in [-0.2, 0) is 6.54 Å². The monoisotopic (exact) mass is 335 g/mol. The van der Waals surface area contributed by atoms with Crippen molar-refractivity contribution >= 4 is 0 Å². The summed E-state index contributed by atoms with van der Waals surface area (Å²) in [6, 6.07) is 10.5. The molecule has 0 atom stereocenters. The number of hydrogen-bond acceptors (Lipinski definition) is 5. The molecule has 1 saturated heterocycles. The Hall–Kier alpha value is -2.73. The van der Waals surface area contributed by atoms with Gasteiger partial charge in [-0.15, -0.1) is 0 Å². The average molecular weight is 335 g/mol. The van der Waals surface area contributed by atoms with Crippen molar-refractivity contribution in [2.45, 2.75) is 25.5 Å². The minimum Gasteiger partial charge on any atom is -0.473 e. The van der Waals surface area contributed by atoms with E-state index >= 15 is 0 Å². The van der Waals surface area contributed by atoms with Gasteiger partial charge in [0.05, 0.1) is 11.9 Å². The van der Waals surface area contributed by atoms with Crippen LogP contribution in [0.4, 0.5) is 0 Å². The standard InChI is InChI=1S/C19H21N5O/c1-3-16(13-17(4-1)24-10-2-7-22-24)15-23-11-5-18(6-12-23)25-19-14-20-8-9-21-19/h1-4,7-10,13-14,18H,5-6,11-12,15H2. The lowest BCUT2D eigenvalue weighted by molar-refractivity contribution is 0.0929. The Labute approximate surface area is 147 Å². The van der Waals surface area contributed by atoms with E-state index in [9.17, 15) is 0 Å². The van der Waals surface area contributed by atoms with E-state index < -0.39 is 0 Å². The van der Waals surface area contributed by atoms with Crippen LogP contribution in [0.15, 0.2) is 61.3 Å². The molecule has 0 bridgehead atoms. The molecule has 25 heavy (non-hydrogen) atoms. The van der Waals surface area contributed by atoms with Gasteiger partial charge in [-0.3, -0.25) is 9.88 Å². The Kier molecular flexibility index (Phi) is 4.70. The molecule has 1 aliphatic rings. The largest absolute Gasteiger partial charge is 0.473 e. The van der Waals surface area contributed by atoms with Crippen molar-refractivity contribution in [2.24, 2.45) is 0 Å². The molecule has 1 aliphatic heterocycles. The van der Waals surface area contributed by atoms with E-state index in [2.05, 4.69) is 44.2 Å². The maximum atomic E-state index is 5.91. The van der Waals surface area contributed by atoms with Gasteiger partial charge in [-0.25, -0.2) is 9.67 Å². The van der Waals surface area contributed by atoms with Crippen LogP contribution in [0, 0.1) is 0 Å². The van der Waals surface area contributed by atoms with Crippen LogP contribution in [0.1, 0.15) is 18.4 Å². The lowest BCUT2D eigenvalue weighted by atomic mass is 10.1. The van der Waals surface area contributed by atoms with Crippen molar-refractivity contribution in [1.82, 2.24) is 24.6 Å². The zero-order chi connectivity index (χ0) is 16.9. The third-order valence-corrected chi connectivity index (χ3v) is 4.45. The Bertz CT molecular complexity index is 783. The summed E-state index contributed by atoms with van der Waals surface area (Å²) in [7, 11) is 0. The molecule has 0 N–H and O–H groups in total. The molecule has 6 heteroatoms. The minimum absolute atomic E-state index is 0.225. The molecule has 0 radical (unpaired) electrons. The maximum Gasteiger partial charge on any atom is 0.232 e. The smallest absolute Gasteiger partial charge is 0.232 e. The van der Waals surface area contributed by atoms with Crippen molar-refractivity contribution in [1.29, 1.82) is 0 Å². The van der Waals surface area contributed by atoms with Crippen LogP contribution in [0.5, 0.6) is 5.88 Å². The molecule has 0 unspecified atom stereocenters. The lowest BCUT2D eigenvalue weighted by Crippen LogP contribution is -2.37. The van der Waals surface area contributed by atoms with Gasteiger partial charge in [0.15, 0.2) is 0 Å². The SMILES string of the molecule is c1cc(CN2CCC(Oc3cnccn3)CC2)cc(-n2cccn2)c1. The Morgan fingerprint density at radius 2 is 2.00 bits per heavy atom. The molecule has 3 heterocycles. The second-order valence-corrected chi connectivity index (χ2v) is 6.26. The fourth-order valence-electron chi connectivity index (χ4n) is 3.18. The normalized spacial score (nSPS) is 16.0. The van der Waals surface area contributed by atoms with E-state index in [1.54, 1.807) is 24.8 Å². The summed E-state index contributed by atoms with van der Waals surface area (Å²) in [5, 5.41) is 4.30. The molecule has 6 nitrogen and oxygen atoms in total. The minimum atomic E-state index is 0.225. The summed E-state index contributed by atoms with van der Waals surface area (Å²) >= 11 is 0. The van der Waals surface area contributed by atoms with Gasteiger partial charge in [-0.05, 0) is 36.6 Å². The van der Waals surface area contributed by atoms with Gasteiger partial charge in [0, 0.05) is 44.4 Å². The van der Waals surface area contributed by atoms with Gasteiger partial charge < -0.3 is 4.74 Å².